The molecule has 0 saturated heterocycles. The van der Waals surface area contributed by atoms with E-state index in [0.29, 0.717) is 12.2 Å². The van der Waals surface area contributed by atoms with Crippen LogP contribution in [-0.2, 0) is 23.9 Å². The van der Waals surface area contributed by atoms with Gasteiger partial charge in [-0.05, 0) is 41.5 Å². The zero-order valence-corrected chi connectivity index (χ0v) is 17.3. The van der Waals surface area contributed by atoms with Crippen LogP contribution >= 0.6 is 0 Å². The Bertz CT molecular complexity index is 1260. The number of fused-ring (bicyclic) bond motifs is 1. The fourth-order valence-corrected chi connectivity index (χ4v) is 3.92. The SMILES string of the molecule is CN(c1ccc(Cn2cc(CC(=O)O)c3ccccc32)cc1)c1ccccc1C(F)(F)F. The van der Waals surface area contributed by atoms with E-state index in [2.05, 4.69) is 0 Å². The molecule has 0 saturated carbocycles. The van der Waals surface area contributed by atoms with Crippen LogP contribution in [0.3, 0.4) is 0 Å². The van der Waals surface area contributed by atoms with Gasteiger partial charge in [0, 0.05) is 36.4 Å². The number of alkyl halides is 3. The third-order valence-corrected chi connectivity index (χ3v) is 5.46. The van der Waals surface area contributed by atoms with Gasteiger partial charge < -0.3 is 14.6 Å². The van der Waals surface area contributed by atoms with Crippen LogP contribution < -0.4 is 4.90 Å². The van der Waals surface area contributed by atoms with Crippen molar-refractivity contribution < 1.29 is 23.1 Å². The highest BCUT2D eigenvalue weighted by atomic mass is 19.4. The van der Waals surface area contributed by atoms with Gasteiger partial charge in [0.05, 0.1) is 17.7 Å². The lowest BCUT2D eigenvalue weighted by Gasteiger charge is -2.24. The predicted molar refractivity (Wildman–Crippen MR) is 118 cm³/mol. The van der Waals surface area contributed by atoms with E-state index in [1.165, 1.54) is 17.0 Å². The maximum Gasteiger partial charge on any atom is 0.418 e. The quantitative estimate of drug-likeness (QED) is 0.395. The summed E-state index contributed by atoms with van der Waals surface area (Å²) in [7, 11) is 1.61. The number of para-hydroxylation sites is 2. The molecule has 0 atom stereocenters. The number of halogens is 3. The first kappa shape index (κ1) is 21.5. The molecule has 164 valence electrons. The molecule has 0 unspecified atom stereocenters. The highest BCUT2D eigenvalue weighted by molar-refractivity contribution is 5.87. The Morgan fingerprint density at radius 1 is 0.969 bits per heavy atom. The predicted octanol–water partition coefficient (Wildman–Crippen LogP) is 6.10. The second-order valence-corrected chi connectivity index (χ2v) is 7.61. The maximum atomic E-state index is 13.4. The largest absolute Gasteiger partial charge is 0.481 e. The van der Waals surface area contributed by atoms with Crippen LogP contribution in [0.4, 0.5) is 24.5 Å². The average Bonchev–Trinajstić information content (AvgIpc) is 3.10. The summed E-state index contributed by atoms with van der Waals surface area (Å²) >= 11 is 0. The summed E-state index contributed by atoms with van der Waals surface area (Å²) in [5.74, 6) is -0.889. The normalized spacial score (nSPS) is 11.6. The number of benzene rings is 3. The van der Waals surface area contributed by atoms with Gasteiger partial charge in [-0.3, -0.25) is 4.79 Å². The standard InChI is InChI=1S/C25H21F3N2O2/c1-29(23-9-5-3-7-21(23)25(26,27)28)19-12-10-17(11-13-19)15-30-16-18(14-24(31)32)20-6-2-4-8-22(20)30/h2-13,16H,14-15H2,1H3,(H,31,32). The molecule has 4 aromatic rings. The molecule has 0 aliphatic carbocycles. The third-order valence-electron chi connectivity index (χ3n) is 5.46. The minimum absolute atomic E-state index is 0.0597. The van der Waals surface area contributed by atoms with Crippen LogP contribution in [0.25, 0.3) is 10.9 Å². The van der Waals surface area contributed by atoms with Crippen molar-refractivity contribution in [1.82, 2.24) is 4.57 Å². The molecule has 0 fully saturated rings. The zero-order chi connectivity index (χ0) is 22.9. The summed E-state index contributed by atoms with van der Waals surface area (Å²) in [5.41, 5.74) is 2.67. The van der Waals surface area contributed by atoms with Gasteiger partial charge in [0.2, 0.25) is 0 Å². The van der Waals surface area contributed by atoms with Gasteiger partial charge in [-0.1, -0.05) is 42.5 Å². The number of hydrogen-bond donors (Lipinski definition) is 1. The molecule has 7 heteroatoms. The van der Waals surface area contributed by atoms with Crippen molar-refractivity contribution >= 4 is 28.2 Å². The van der Waals surface area contributed by atoms with Crippen molar-refractivity contribution in [2.24, 2.45) is 0 Å². The molecule has 32 heavy (non-hydrogen) atoms. The molecule has 0 amide bonds. The molecule has 0 aliphatic heterocycles. The van der Waals surface area contributed by atoms with Gasteiger partial charge >= 0.3 is 12.1 Å². The number of rotatable bonds is 6. The minimum atomic E-state index is -4.44. The molecule has 3 aromatic carbocycles. The van der Waals surface area contributed by atoms with Crippen molar-refractivity contribution in [3.63, 3.8) is 0 Å². The van der Waals surface area contributed by atoms with E-state index in [1.807, 2.05) is 47.2 Å². The van der Waals surface area contributed by atoms with E-state index in [-0.39, 0.29) is 12.1 Å². The summed E-state index contributed by atoms with van der Waals surface area (Å²) in [6, 6.07) is 20.4. The summed E-state index contributed by atoms with van der Waals surface area (Å²) in [4.78, 5) is 12.7. The highest BCUT2D eigenvalue weighted by Crippen LogP contribution is 2.38. The lowest BCUT2D eigenvalue weighted by atomic mass is 10.1. The molecule has 4 nitrogen and oxygen atoms in total. The molecular formula is C25H21F3N2O2. The summed E-state index contributed by atoms with van der Waals surface area (Å²) in [5, 5.41) is 10.1. The first-order valence-corrected chi connectivity index (χ1v) is 10.0. The fourth-order valence-electron chi connectivity index (χ4n) is 3.92. The van der Waals surface area contributed by atoms with E-state index in [1.54, 1.807) is 25.2 Å². The van der Waals surface area contributed by atoms with Crippen LogP contribution in [0.15, 0.2) is 79.0 Å². The second kappa shape index (κ2) is 8.42. The van der Waals surface area contributed by atoms with Crippen molar-refractivity contribution in [2.45, 2.75) is 19.1 Å². The molecule has 1 N–H and O–H groups in total. The van der Waals surface area contributed by atoms with E-state index >= 15 is 0 Å². The maximum absolute atomic E-state index is 13.4. The minimum Gasteiger partial charge on any atom is -0.481 e. The van der Waals surface area contributed by atoms with E-state index < -0.39 is 17.7 Å². The number of carboxylic acid groups (broad SMARTS) is 1. The Balaban J connectivity index is 1.60. The summed E-state index contributed by atoms with van der Waals surface area (Å²) in [6.45, 7) is 0.517. The monoisotopic (exact) mass is 438 g/mol. The lowest BCUT2D eigenvalue weighted by Crippen LogP contribution is -2.16. The van der Waals surface area contributed by atoms with Gasteiger partial charge in [-0.15, -0.1) is 0 Å². The van der Waals surface area contributed by atoms with Crippen LogP contribution in [0, 0.1) is 0 Å². The Morgan fingerprint density at radius 2 is 1.62 bits per heavy atom. The number of nitrogens with zero attached hydrogens (tertiary/aromatic N) is 2. The van der Waals surface area contributed by atoms with Gasteiger partial charge in [0.1, 0.15) is 0 Å². The zero-order valence-electron chi connectivity index (χ0n) is 17.3. The van der Waals surface area contributed by atoms with Crippen molar-refractivity contribution in [3.8, 4) is 0 Å². The number of anilines is 2. The van der Waals surface area contributed by atoms with Crippen LogP contribution in [0.5, 0.6) is 0 Å². The fraction of sp³-hybridized carbons (Fsp3) is 0.160. The highest BCUT2D eigenvalue weighted by Gasteiger charge is 2.34. The molecule has 1 heterocycles. The van der Waals surface area contributed by atoms with Gasteiger partial charge in [-0.2, -0.15) is 13.2 Å². The Hall–Kier alpha value is -3.74. The number of hydrogen-bond acceptors (Lipinski definition) is 2. The molecule has 0 aliphatic rings. The second-order valence-electron chi connectivity index (χ2n) is 7.61. The van der Waals surface area contributed by atoms with Crippen LogP contribution in [-0.4, -0.2) is 22.7 Å². The molecule has 0 radical (unpaired) electrons. The number of carbonyl (C=O) groups is 1. The molecule has 0 bridgehead atoms. The van der Waals surface area contributed by atoms with Crippen molar-refractivity contribution in [2.75, 3.05) is 11.9 Å². The van der Waals surface area contributed by atoms with E-state index in [9.17, 15) is 23.1 Å². The van der Waals surface area contributed by atoms with Gasteiger partial charge in [0.15, 0.2) is 0 Å². The molecule has 0 spiro atoms. The molecule has 4 rings (SSSR count). The number of carboxylic acids is 1. The first-order chi connectivity index (χ1) is 15.2. The Morgan fingerprint density at radius 3 is 2.31 bits per heavy atom. The Kier molecular flexibility index (Phi) is 5.65. The van der Waals surface area contributed by atoms with Gasteiger partial charge in [-0.25, -0.2) is 0 Å². The smallest absolute Gasteiger partial charge is 0.418 e. The van der Waals surface area contributed by atoms with Crippen LogP contribution in [0.1, 0.15) is 16.7 Å². The third kappa shape index (κ3) is 4.32. The number of aromatic nitrogens is 1. The van der Waals surface area contributed by atoms with Crippen molar-refractivity contribution in [3.05, 3.63) is 95.7 Å². The van der Waals surface area contributed by atoms with Gasteiger partial charge in [0.25, 0.3) is 0 Å². The number of aliphatic carboxylic acids is 1. The van der Waals surface area contributed by atoms with E-state index in [0.717, 1.165) is 28.1 Å². The molecular weight excluding hydrogens is 417 g/mol. The van der Waals surface area contributed by atoms with Crippen LogP contribution in [0.2, 0.25) is 0 Å². The summed E-state index contributed by atoms with van der Waals surface area (Å²) in [6.07, 6.45) is -2.65. The van der Waals surface area contributed by atoms with Crippen molar-refractivity contribution in [1.29, 1.82) is 0 Å². The molecule has 1 aromatic heterocycles. The summed E-state index contributed by atoms with van der Waals surface area (Å²) < 4.78 is 42.1. The first-order valence-electron chi connectivity index (χ1n) is 10.0. The topological polar surface area (TPSA) is 45.5 Å². The Labute approximate surface area is 183 Å². The van der Waals surface area contributed by atoms with E-state index in [4.69, 9.17) is 0 Å². The lowest BCUT2D eigenvalue weighted by molar-refractivity contribution is -0.137. The average molecular weight is 438 g/mol.